The van der Waals surface area contributed by atoms with Gasteiger partial charge in [-0.15, -0.1) is 0 Å². The van der Waals surface area contributed by atoms with Crippen LogP contribution in [0.4, 0.5) is 0 Å². The number of hydrogen-bond acceptors (Lipinski definition) is 0. The van der Waals surface area contributed by atoms with Gasteiger partial charge in [0, 0.05) is 0 Å². The molecule has 0 bridgehead atoms. The molecule has 0 saturated heterocycles. The van der Waals surface area contributed by atoms with Gasteiger partial charge < -0.3 is 0 Å². The Kier molecular flexibility index (Phi) is 3.90. The highest BCUT2D eigenvalue weighted by Crippen LogP contribution is 2.17. The monoisotopic (exact) mass is 200 g/mol. The van der Waals surface area contributed by atoms with Gasteiger partial charge in [0.1, 0.15) is 0 Å². The molecule has 0 aliphatic rings. The SMILES string of the molecule is C=C(C)/C(=C\C)Cc1ccc(C)c(C)c1. The maximum Gasteiger partial charge on any atom is -0.00265 e. The normalized spacial score (nSPS) is 11.6. The van der Waals surface area contributed by atoms with Gasteiger partial charge in [-0.05, 0) is 56.4 Å². The number of allylic oxidation sites excluding steroid dienone is 3. The smallest absolute Gasteiger partial charge is 0.00265 e. The molecule has 0 nitrogen and oxygen atoms in total. The third-order valence-corrected chi connectivity index (χ3v) is 2.86. The highest BCUT2D eigenvalue weighted by Gasteiger charge is 2.01. The van der Waals surface area contributed by atoms with Crippen LogP contribution in [-0.4, -0.2) is 0 Å². The Morgan fingerprint density at radius 1 is 1.27 bits per heavy atom. The Hall–Kier alpha value is -1.30. The molecule has 1 aromatic carbocycles. The minimum absolute atomic E-state index is 0.993. The molecule has 1 rings (SSSR count). The first kappa shape index (κ1) is 11.8. The summed E-state index contributed by atoms with van der Waals surface area (Å²) in [6.07, 6.45) is 3.14. The van der Waals surface area contributed by atoms with Crippen molar-refractivity contribution in [2.75, 3.05) is 0 Å². The summed E-state index contributed by atoms with van der Waals surface area (Å²) in [6, 6.07) is 6.66. The fourth-order valence-corrected chi connectivity index (χ4v) is 1.63. The second kappa shape index (κ2) is 4.97. The molecule has 0 unspecified atom stereocenters. The predicted molar refractivity (Wildman–Crippen MR) is 68.2 cm³/mol. The lowest BCUT2D eigenvalue weighted by Crippen LogP contribution is -1.93. The van der Waals surface area contributed by atoms with Crippen LogP contribution in [0.25, 0.3) is 0 Å². The van der Waals surface area contributed by atoms with Gasteiger partial charge in [-0.1, -0.05) is 36.4 Å². The van der Waals surface area contributed by atoms with Crippen molar-refractivity contribution in [3.8, 4) is 0 Å². The Morgan fingerprint density at radius 2 is 1.93 bits per heavy atom. The van der Waals surface area contributed by atoms with Gasteiger partial charge in [-0.2, -0.15) is 0 Å². The Balaban J connectivity index is 2.90. The van der Waals surface area contributed by atoms with Crippen molar-refractivity contribution >= 4 is 0 Å². The zero-order chi connectivity index (χ0) is 11.4. The Bertz CT molecular complexity index is 394. The van der Waals surface area contributed by atoms with Crippen molar-refractivity contribution < 1.29 is 0 Å². The van der Waals surface area contributed by atoms with Crippen LogP contribution in [0.2, 0.25) is 0 Å². The molecule has 0 atom stereocenters. The second-order valence-corrected chi connectivity index (χ2v) is 4.19. The lowest BCUT2D eigenvalue weighted by Gasteiger charge is -2.08. The van der Waals surface area contributed by atoms with Crippen molar-refractivity contribution in [2.45, 2.75) is 34.1 Å². The van der Waals surface area contributed by atoms with Crippen molar-refractivity contribution in [3.05, 3.63) is 58.7 Å². The summed E-state index contributed by atoms with van der Waals surface area (Å²) in [5.74, 6) is 0. The molecule has 0 spiro atoms. The van der Waals surface area contributed by atoms with Crippen LogP contribution < -0.4 is 0 Å². The van der Waals surface area contributed by atoms with E-state index in [1.807, 2.05) is 0 Å². The van der Waals surface area contributed by atoms with E-state index in [0.29, 0.717) is 0 Å². The quantitative estimate of drug-likeness (QED) is 0.636. The second-order valence-electron chi connectivity index (χ2n) is 4.19. The molecule has 0 heteroatoms. The molecule has 0 heterocycles. The van der Waals surface area contributed by atoms with Gasteiger partial charge in [-0.25, -0.2) is 0 Å². The molecule has 0 aliphatic heterocycles. The fourth-order valence-electron chi connectivity index (χ4n) is 1.63. The number of hydrogen-bond donors (Lipinski definition) is 0. The van der Waals surface area contributed by atoms with Crippen molar-refractivity contribution in [1.82, 2.24) is 0 Å². The minimum atomic E-state index is 0.993. The fraction of sp³-hybridized carbons (Fsp3) is 0.333. The summed E-state index contributed by atoms with van der Waals surface area (Å²) in [7, 11) is 0. The first-order chi connectivity index (χ1) is 7.04. The molecule has 0 saturated carbocycles. The molecular weight excluding hydrogens is 180 g/mol. The van der Waals surface area contributed by atoms with Crippen LogP contribution in [-0.2, 0) is 6.42 Å². The van der Waals surface area contributed by atoms with Crippen LogP contribution >= 0.6 is 0 Å². The van der Waals surface area contributed by atoms with Gasteiger partial charge in [0.25, 0.3) is 0 Å². The number of rotatable bonds is 3. The van der Waals surface area contributed by atoms with Crippen LogP contribution in [0.3, 0.4) is 0 Å². The highest BCUT2D eigenvalue weighted by molar-refractivity contribution is 5.36. The van der Waals surface area contributed by atoms with Crippen LogP contribution in [0.15, 0.2) is 42.0 Å². The topological polar surface area (TPSA) is 0 Å². The van der Waals surface area contributed by atoms with Gasteiger partial charge in [-0.3, -0.25) is 0 Å². The van der Waals surface area contributed by atoms with E-state index >= 15 is 0 Å². The molecule has 80 valence electrons. The zero-order valence-electron chi connectivity index (χ0n) is 10.2. The summed E-state index contributed by atoms with van der Waals surface area (Å²) in [6.45, 7) is 12.4. The summed E-state index contributed by atoms with van der Waals surface area (Å²) >= 11 is 0. The average Bonchev–Trinajstić information content (AvgIpc) is 2.19. The Morgan fingerprint density at radius 3 is 2.40 bits per heavy atom. The molecule has 15 heavy (non-hydrogen) atoms. The predicted octanol–water partition coefficient (Wildman–Crippen LogP) is 4.37. The lowest BCUT2D eigenvalue weighted by molar-refractivity contribution is 1.13. The van der Waals surface area contributed by atoms with Gasteiger partial charge >= 0.3 is 0 Å². The summed E-state index contributed by atoms with van der Waals surface area (Å²) in [5.41, 5.74) is 6.59. The van der Waals surface area contributed by atoms with E-state index in [-0.39, 0.29) is 0 Å². The maximum atomic E-state index is 3.99. The lowest BCUT2D eigenvalue weighted by atomic mass is 9.97. The van der Waals surface area contributed by atoms with Gasteiger partial charge in [0.15, 0.2) is 0 Å². The number of benzene rings is 1. The molecular formula is C15H20. The van der Waals surface area contributed by atoms with E-state index in [9.17, 15) is 0 Å². The highest BCUT2D eigenvalue weighted by atomic mass is 14.1. The first-order valence-corrected chi connectivity index (χ1v) is 5.41. The molecule has 0 radical (unpaired) electrons. The van der Waals surface area contributed by atoms with Crippen LogP contribution in [0, 0.1) is 13.8 Å². The van der Waals surface area contributed by atoms with Crippen LogP contribution in [0.1, 0.15) is 30.5 Å². The van der Waals surface area contributed by atoms with E-state index in [1.165, 1.54) is 22.3 Å². The van der Waals surface area contributed by atoms with Crippen molar-refractivity contribution in [2.24, 2.45) is 0 Å². The summed E-state index contributed by atoms with van der Waals surface area (Å²) in [5, 5.41) is 0. The van der Waals surface area contributed by atoms with E-state index in [2.05, 4.69) is 58.5 Å². The van der Waals surface area contributed by atoms with Gasteiger partial charge in [0.2, 0.25) is 0 Å². The number of aryl methyl sites for hydroxylation is 2. The summed E-state index contributed by atoms with van der Waals surface area (Å²) in [4.78, 5) is 0. The zero-order valence-corrected chi connectivity index (χ0v) is 10.2. The van der Waals surface area contributed by atoms with E-state index in [0.717, 1.165) is 12.0 Å². The van der Waals surface area contributed by atoms with E-state index in [4.69, 9.17) is 0 Å². The molecule has 0 fully saturated rings. The largest absolute Gasteiger partial charge is 0.0958 e. The Labute approximate surface area is 93.3 Å². The summed E-state index contributed by atoms with van der Waals surface area (Å²) < 4.78 is 0. The van der Waals surface area contributed by atoms with Crippen molar-refractivity contribution in [1.29, 1.82) is 0 Å². The molecule has 1 aromatic rings. The minimum Gasteiger partial charge on any atom is -0.0958 e. The molecule has 0 N–H and O–H groups in total. The first-order valence-electron chi connectivity index (χ1n) is 5.41. The standard InChI is InChI=1S/C15H20/c1-6-15(11(2)3)10-14-8-7-12(4)13(5)9-14/h6-9H,2,10H2,1,3-5H3/b15-6-. The molecule has 0 aliphatic carbocycles. The van der Waals surface area contributed by atoms with Gasteiger partial charge in [0.05, 0.1) is 0 Å². The van der Waals surface area contributed by atoms with Crippen molar-refractivity contribution in [3.63, 3.8) is 0 Å². The van der Waals surface area contributed by atoms with E-state index in [1.54, 1.807) is 0 Å². The third-order valence-electron chi connectivity index (χ3n) is 2.86. The molecule has 0 aromatic heterocycles. The third kappa shape index (κ3) is 3.09. The van der Waals surface area contributed by atoms with Crippen LogP contribution in [0.5, 0.6) is 0 Å². The molecule has 0 amide bonds. The average molecular weight is 200 g/mol. The maximum absolute atomic E-state index is 3.99. The van der Waals surface area contributed by atoms with E-state index < -0.39 is 0 Å².